The topological polar surface area (TPSA) is 0 Å². The molecule has 12 heavy (non-hydrogen) atoms. The van der Waals surface area contributed by atoms with E-state index in [1.54, 1.807) is 5.57 Å². The third-order valence-electron chi connectivity index (χ3n) is 2.13. The van der Waals surface area contributed by atoms with Gasteiger partial charge in [0.05, 0.1) is 0 Å². The summed E-state index contributed by atoms with van der Waals surface area (Å²) < 4.78 is 0. The second-order valence-corrected chi connectivity index (χ2v) is 3.04. The van der Waals surface area contributed by atoms with Crippen LogP contribution in [0.15, 0.2) is 23.3 Å². The summed E-state index contributed by atoms with van der Waals surface area (Å²) in [5.74, 6) is 0. The molecular weight excluding hydrogens is 144 g/mol. The minimum atomic E-state index is 1.34. The van der Waals surface area contributed by atoms with Crippen LogP contribution in [0, 0.1) is 0 Å². The summed E-state index contributed by atoms with van der Waals surface area (Å²) in [5.41, 5.74) is 3.06. The average molecular weight is 166 g/mol. The molecule has 0 radical (unpaired) electrons. The fraction of sp³-hybridized carbons (Fsp3) is 0.667. The van der Waals surface area contributed by atoms with E-state index in [0.29, 0.717) is 0 Å². The fourth-order valence-electron chi connectivity index (χ4n) is 1.38. The molecule has 1 aliphatic carbocycles. The summed E-state index contributed by atoms with van der Waals surface area (Å²) in [6.45, 7) is 8.27. The van der Waals surface area contributed by atoms with Crippen LogP contribution < -0.4 is 0 Å². The smallest absolute Gasteiger partial charge is 0.0317 e. The first-order valence-electron chi connectivity index (χ1n) is 5.15. The summed E-state index contributed by atoms with van der Waals surface area (Å²) >= 11 is 0. The van der Waals surface area contributed by atoms with Crippen LogP contribution in [0.25, 0.3) is 0 Å². The van der Waals surface area contributed by atoms with Crippen LogP contribution in [-0.4, -0.2) is 0 Å². The van der Waals surface area contributed by atoms with Crippen LogP contribution in [0.3, 0.4) is 0 Å². The Morgan fingerprint density at radius 2 is 1.67 bits per heavy atom. The molecule has 0 atom stereocenters. The maximum atomic E-state index is 2.34. The predicted molar refractivity (Wildman–Crippen MR) is 57.3 cm³/mol. The van der Waals surface area contributed by atoms with Gasteiger partial charge in [0.15, 0.2) is 0 Å². The Balaban J connectivity index is 0.000000561. The van der Waals surface area contributed by atoms with Gasteiger partial charge in [0.2, 0.25) is 0 Å². The highest BCUT2D eigenvalue weighted by Gasteiger charge is 2.04. The van der Waals surface area contributed by atoms with Crippen molar-refractivity contribution < 1.29 is 0 Å². The lowest BCUT2D eigenvalue weighted by Crippen LogP contribution is -1.73. The second kappa shape index (κ2) is 7.15. The maximum Gasteiger partial charge on any atom is -0.0317 e. The molecule has 0 aromatic rings. The Kier molecular flexibility index (Phi) is 6.84. The standard InChI is InChI=1S/C10H16.C2H6/c1-3-9(2)8-10-6-4-5-7-10;1-2/h3,8H,4-7H2,1-2H3;1-2H3/b9-3-;. The summed E-state index contributed by atoms with van der Waals surface area (Å²) in [6.07, 6.45) is 10.0. The van der Waals surface area contributed by atoms with Gasteiger partial charge < -0.3 is 0 Å². The van der Waals surface area contributed by atoms with Crippen molar-refractivity contribution in [1.82, 2.24) is 0 Å². The number of allylic oxidation sites excluding steroid dienone is 4. The molecule has 0 spiro atoms. The van der Waals surface area contributed by atoms with Crippen molar-refractivity contribution >= 4 is 0 Å². The molecule has 70 valence electrons. The van der Waals surface area contributed by atoms with E-state index in [-0.39, 0.29) is 0 Å². The van der Waals surface area contributed by atoms with E-state index in [1.807, 2.05) is 13.8 Å². The summed E-state index contributed by atoms with van der Waals surface area (Å²) in [7, 11) is 0. The van der Waals surface area contributed by atoms with Gasteiger partial charge >= 0.3 is 0 Å². The van der Waals surface area contributed by atoms with Crippen molar-refractivity contribution in [2.45, 2.75) is 53.4 Å². The molecule has 0 heteroatoms. The molecule has 1 rings (SSSR count). The Labute approximate surface area is 77.4 Å². The second-order valence-electron chi connectivity index (χ2n) is 3.04. The molecule has 1 aliphatic rings. The van der Waals surface area contributed by atoms with E-state index >= 15 is 0 Å². The molecule has 0 aliphatic heterocycles. The molecule has 0 unspecified atom stereocenters. The molecule has 1 fully saturated rings. The Bertz CT molecular complexity index is 153. The Morgan fingerprint density at radius 3 is 2.08 bits per heavy atom. The predicted octanol–water partition coefficient (Wildman–Crippen LogP) is 4.48. The molecule has 0 aromatic heterocycles. The highest BCUT2D eigenvalue weighted by Crippen LogP contribution is 2.24. The van der Waals surface area contributed by atoms with Gasteiger partial charge in [-0.3, -0.25) is 0 Å². The molecule has 0 aromatic carbocycles. The first kappa shape index (κ1) is 11.5. The lowest BCUT2D eigenvalue weighted by atomic mass is 10.1. The van der Waals surface area contributed by atoms with E-state index in [9.17, 15) is 0 Å². The van der Waals surface area contributed by atoms with Crippen molar-refractivity contribution in [3.05, 3.63) is 23.3 Å². The number of hydrogen-bond acceptors (Lipinski definition) is 0. The molecule has 0 heterocycles. The fourth-order valence-corrected chi connectivity index (χ4v) is 1.38. The van der Waals surface area contributed by atoms with Crippen LogP contribution in [0.5, 0.6) is 0 Å². The summed E-state index contributed by atoms with van der Waals surface area (Å²) in [6, 6.07) is 0. The van der Waals surface area contributed by atoms with E-state index in [2.05, 4.69) is 26.0 Å². The normalized spacial score (nSPS) is 17.0. The van der Waals surface area contributed by atoms with Crippen LogP contribution in [0.1, 0.15) is 53.4 Å². The van der Waals surface area contributed by atoms with Gasteiger partial charge in [-0.05, 0) is 39.5 Å². The molecule has 0 N–H and O–H groups in total. The van der Waals surface area contributed by atoms with E-state index in [0.717, 1.165) is 0 Å². The molecule has 1 saturated carbocycles. The molecular formula is C12H22. The van der Waals surface area contributed by atoms with Crippen LogP contribution in [-0.2, 0) is 0 Å². The summed E-state index contributed by atoms with van der Waals surface area (Å²) in [4.78, 5) is 0. The van der Waals surface area contributed by atoms with Crippen LogP contribution >= 0.6 is 0 Å². The van der Waals surface area contributed by atoms with Gasteiger partial charge in [-0.25, -0.2) is 0 Å². The zero-order chi connectivity index (χ0) is 9.40. The zero-order valence-corrected chi connectivity index (χ0v) is 8.98. The van der Waals surface area contributed by atoms with Crippen LogP contribution in [0.4, 0.5) is 0 Å². The Morgan fingerprint density at radius 1 is 1.17 bits per heavy atom. The van der Waals surface area contributed by atoms with Crippen LogP contribution in [0.2, 0.25) is 0 Å². The van der Waals surface area contributed by atoms with Crippen molar-refractivity contribution in [3.63, 3.8) is 0 Å². The minimum Gasteiger partial charge on any atom is -0.0847 e. The molecule has 0 bridgehead atoms. The van der Waals surface area contributed by atoms with Crippen molar-refractivity contribution in [3.8, 4) is 0 Å². The largest absolute Gasteiger partial charge is 0.0847 e. The van der Waals surface area contributed by atoms with Gasteiger partial charge in [-0.15, -0.1) is 0 Å². The maximum absolute atomic E-state index is 2.34. The quantitative estimate of drug-likeness (QED) is 0.539. The Hall–Kier alpha value is -0.520. The van der Waals surface area contributed by atoms with E-state index in [4.69, 9.17) is 0 Å². The number of hydrogen-bond donors (Lipinski definition) is 0. The molecule has 0 saturated heterocycles. The third-order valence-corrected chi connectivity index (χ3v) is 2.13. The highest BCUT2D eigenvalue weighted by molar-refractivity contribution is 5.22. The monoisotopic (exact) mass is 166 g/mol. The van der Waals surface area contributed by atoms with E-state index in [1.165, 1.54) is 31.3 Å². The zero-order valence-electron chi connectivity index (χ0n) is 8.98. The lowest BCUT2D eigenvalue weighted by molar-refractivity contribution is 0.886. The summed E-state index contributed by atoms with van der Waals surface area (Å²) in [5, 5.41) is 0. The third kappa shape index (κ3) is 4.38. The van der Waals surface area contributed by atoms with Gasteiger partial charge in [0, 0.05) is 0 Å². The lowest BCUT2D eigenvalue weighted by Gasteiger charge is -1.94. The molecule has 0 amide bonds. The minimum absolute atomic E-state index is 1.34. The number of rotatable bonds is 1. The first-order valence-corrected chi connectivity index (χ1v) is 5.15. The SMILES string of the molecule is C/C=C(/C)C=C1CCCC1.CC. The van der Waals surface area contributed by atoms with E-state index < -0.39 is 0 Å². The molecule has 0 nitrogen and oxygen atoms in total. The van der Waals surface area contributed by atoms with Crippen molar-refractivity contribution in [1.29, 1.82) is 0 Å². The van der Waals surface area contributed by atoms with Gasteiger partial charge in [0.25, 0.3) is 0 Å². The van der Waals surface area contributed by atoms with Gasteiger partial charge in [0.1, 0.15) is 0 Å². The average Bonchev–Trinajstić information content (AvgIpc) is 2.60. The highest BCUT2D eigenvalue weighted by atomic mass is 14.1. The van der Waals surface area contributed by atoms with Crippen molar-refractivity contribution in [2.75, 3.05) is 0 Å². The first-order chi connectivity index (χ1) is 5.83. The van der Waals surface area contributed by atoms with Gasteiger partial charge in [-0.2, -0.15) is 0 Å². The van der Waals surface area contributed by atoms with Crippen molar-refractivity contribution in [2.24, 2.45) is 0 Å². The van der Waals surface area contributed by atoms with Gasteiger partial charge in [-0.1, -0.05) is 37.1 Å².